The molecule has 1 unspecified atom stereocenters. The highest BCUT2D eigenvalue weighted by molar-refractivity contribution is 5.37. The molecule has 1 aromatic rings. The predicted octanol–water partition coefficient (Wildman–Crippen LogP) is 2.10. The van der Waals surface area contributed by atoms with Gasteiger partial charge in [-0.05, 0) is 20.0 Å². The van der Waals surface area contributed by atoms with E-state index >= 15 is 0 Å². The molecule has 0 bridgehead atoms. The molecule has 1 atom stereocenters. The average Bonchev–Trinajstić information content (AvgIpc) is 2.18. The van der Waals surface area contributed by atoms with Gasteiger partial charge in [0, 0.05) is 12.1 Å². The SMILES string of the molecule is CNCC(C)(F)c1ccccc1OC. The summed E-state index contributed by atoms with van der Waals surface area (Å²) in [7, 11) is 3.28. The number of hydrogen-bond donors (Lipinski definition) is 1. The van der Waals surface area contributed by atoms with Crippen molar-refractivity contribution in [1.82, 2.24) is 5.32 Å². The summed E-state index contributed by atoms with van der Waals surface area (Å²) in [6.07, 6.45) is 0. The summed E-state index contributed by atoms with van der Waals surface area (Å²) in [4.78, 5) is 0. The molecule has 14 heavy (non-hydrogen) atoms. The highest BCUT2D eigenvalue weighted by Gasteiger charge is 2.27. The molecule has 1 N–H and O–H groups in total. The van der Waals surface area contributed by atoms with Crippen molar-refractivity contribution in [2.45, 2.75) is 12.6 Å². The fourth-order valence-corrected chi connectivity index (χ4v) is 1.50. The van der Waals surface area contributed by atoms with E-state index in [4.69, 9.17) is 4.74 Å². The smallest absolute Gasteiger partial charge is 0.149 e. The summed E-state index contributed by atoms with van der Waals surface area (Å²) < 4.78 is 19.2. The molecule has 2 nitrogen and oxygen atoms in total. The lowest BCUT2D eigenvalue weighted by Crippen LogP contribution is -2.29. The predicted molar refractivity (Wildman–Crippen MR) is 55.4 cm³/mol. The number of likely N-dealkylation sites (N-methyl/N-ethyl adjacent to an activating group) is 1. The number of alkyl halides is 1. The molecule has 0 spiro atoms. The molecule has 1 aromatic carbocycles. The van der Waals surface area contributed by atoms with E-state index in [0.29, 0.717) is 11.3 Å². The molecule has 0 saturated carbocycles. The first kappa shape index (κ1) is 11.0. The zero-order chi connectivity index (χ0) is 10.6. The number of hydrogen-bond acceptors (Lipinski definition) is 2. The zero-order valence-corrected chi connectivity index (χ0v) is 8.80. The first-order valence-electron chi connectivity index (χ1n) is 4.59. The minimum absolute atomic E-state index is 0.271. The van der Waals surface area contributed by atoms with E-state index in [0.717, 1.165) is 0 Å². The van der Waals surface area contributed by atoms with Crippen molar-refractivity contribution in [3.05, 3.63) is 29.8 Å². The molecular formula is C11H16FNO. The third kappa shape index (κ3) is 2.23. The lowest BCUT2D eigenvalue weighted by atomic mass is 9.97. The Morgan fingerprint density at radius 3 is 2.64 bits per heavy atom. The van der Waals surface area contributed by atoms with Crippen molar-refractivity contribution in [3.63, 3.8) is 0 Å². The standard InChI is InChI=1S/C11H16FNO/c1-11(12,8-13-2)9-6-4-5-7-10(9)14-3/h4-7,13H,8H2,1-3H3. The van der Waals surface area contributed by atoms with Crippen LogP contribution in [0.15, 0.2) is 24.3 Å². The second-order valence-corrected chi connectivity index (χ2v) is 3.43. The summed E-state index contributed by atoms with van der Waals surface area (Å²) in [5.74, 6) is 0.591. The number of benzene rings is 1. The fourth-order valence-electron chi connectivity index (χ4n) is 1.50. The minimum atomic E-state index is -1.40. The molecule has 0 radical (unpaired) electrons. The molecule has 0 fully saturated rings. The first-order chi connectivity index (χ1) is 6.61. The Kier molecular flexibility index (Phi) is 3.47. The highest BCUT2D eigenvalue weighted by atomic mass is 19.1. The Morgan fingerprint density at radius 2 is 2.07 bits per heavy atom. The maximum atomic E-state index is 14.1. The van der Waals surface area contributed by atoms with Crippen LogP contribution in [-0.2, 0) is 5.67 Å². The molecule has 0 aromatic heterocycles. The van der Waals surface area contributed by atoms with Gasteiger partial charge in [-0.1, -0.05) is 18.2 Å². The van der Waals surface area contributed by atoms with E-state index in [1.807, 2.05) is 12.1 Å². The summed E-state index contributed by atoms with van der Waals surface area (Å²) in [5.41, 5.74) is -0.821. The van der Waals surface area contributed by atoms with E-state index in [-0.39, 0.29) is 6.54 Å². The second-order valence-electron chi connectivity index (χ2n) is 3.43. The quantitative estimate of drug-likeness (QED) is 0.798. The largest absolute Gasteiger partial charge is 0.496 e. The lowest BCUT2D eigenvalue weighted by molar-refractivity contribution is 0.184. The monoisotopic (exact) mass is 197 g/mol. The molecule has 1 rings (SSSR count). The Bertz CT molecular complexity index is 299. The molecule has 78 valence electrons. The van der Waals surface area contributed by atoms with Crippen molar-refractivity contribution in [1.29, 1.82) is 0 Å². The Hall–Kier alpha value is -1.09. The Morgan fingerprint density at radius 1 is 1.43 bits per heavy atom. The first-order valence-corrected chi connectivity index (χ1v) is 4.59. The number of halogens is 1. The van der Waals surface area contributed by atoms with Crippen molar-refractivity contribution in [2.75, 3.05) is 20.7 Å². The van der Waals surface area contributed by atoms with E-state index in [1.165, 1.54) is 0 Å². The van der Waals surface area contributed by atoms with Crippen molar-refractivity contribution in [2.24, 2.45) is 0 Å². The minimum Gasteiger partial charge on any atom is -0.496 e. The van der Waals surface area contributed by atoms with Crippen LogP contribution in [0.25, 0.3) is 0 Å². The third-order valence-electron chi connectivity index (χ3n) is 2.18. The van der Waals surface area contributed by atoms with Crippen molar-refractivity contribution in [3.8, 4) is 5.75 Å². The maximum absolute atomic E-state index is 14.1. The Balaban J connectivity index is 3.04. The highest BCUT2D eigenvalue weighted by Crippen LogP contribution is 2.32. The van der Waals surface area contributed by atoms with Crippen LogP contribution in [0.4, 0.5) is 4.39 Å². The Labute approximate surface area is 84.1 Å². The van der Waals surface area contributed by atoms with E-state index < -0.39 is 5.67 Å². The van der Waals surface area contributed by atoms with Crippen LogP contribution in [0.2, 0.25) is 0 Å². The number of nitrogens with one attached hydrogen (secondary N) is 1. The average molecular weight is 197 g/mol. The molecule has 0 aliphatic rings. The molecular weight excluding hydrogens is 181 g/mol. The van der Waals surface area contributed by atoms with Crippen LogP contribution in [0.3, 0.4) is 0 Å². The third-order valence-corrected chi connectivity index (χ3v) is 2.18. The van der Waals surface area contributed by atoms with Crippen LogP contribution in [-0.4, -0.2) is 20.7 Å². The summed E-state index contributed by atoms with van der Waals surface area (Å²) >= 11 is 0. The van der Waals surface area contributed by atoms with Crippen LogP contribution >= 0.6 is 0 Å². The van der Waals surface area contributed by atoms with Gasteiger partial charge in [0.25, 0.3) is 0 Å². The molecule has 0 amide bonds. The number of rotatable bonds is 4. The molecule has 3 heteroatoms. The van der Waals surface area contributed by atoms with E-state index in [2.05, 4.69) is 5.32 Å². The lowest BCUT2D eigenvalue weighted by Gasteiger charge is -2.22. The normalized spacial score (nSPS) is 14.9. The summed E-state index contributed by atoms with van der Waals surface area (Å²) in [5, 5.41) is 2.83. The van der Waals surface area contributed by atoms with Gasteiger partial charge >= 0.3 is 0 Å². The van der Waals surface area contributed by atoms with Gasteiger partial charge in [0.2, 0.25) is 0 Å². The zero-order valence-electron chi connectivity index (χ0n) is 8.80. The van der Waals surface area contributed by atoms with Gasteiger partial charge in [-0.2, -0.15) is 0 Å². The van der Waals surface area contributed by atoms with Crippen LogP contribution in [0.5, 0.6) is 5.75 Å². The van der Waals surface area contributed by atoms with Crippen LogP contribution < -0.4 is 10.1 Å². The second kappa shape index (κ2) is 4.42. The fraction of sp³-hybridized carbons (Fsp3) is 0.455. The van der Waals surface area contributed by atoms with E-state index in [1.54, 1.807) is 33.2 Å². The topological polar surface area (TPSA) is 21.3 Å². The summed E-state index contributed by atoms with van der Waals surface area (Å²) in [6.45, 7) is 1.81. The molecule has 0 aliphatic carbocycles. The van der Waals surface area contributed by atoms with Gasteiger partial charge in [0.15, 0.2) is 0 Å². The van der Waals surface area contributed by atoms with Crippen LogP contribution in [0.1, 0.15) is 12.5 Å². The summed E-state index contributed by atoms with van der Waals surface area (Å²) in [6, 6.07) is 7.15. The molecule has 0 aliphatic heterocycles. The van der Waals surface area contributed by atoms with Gasteiger partial charge in [-0.15, -0.1) is 0 Å². The van der Waals surface area contributed by atoms with Gasteiger partial charge in [0.1, 0.15) is 11.4 Å². The van der Waals surface area contributed by atoms with Gasteiger partial charge < -0.3 is 10.1 Å². The van der Waals surface area contributed by atoms with E-state index in [9.17, 15) is 4.39 Å². The van der Waals surface area contributed by atoms with Crippen molar-refractivity contribution < 1.29 is 9.13 Å². The number of ether oxygens (including phenoxy) is 1. The van der Waals surface area contributed by atoms with Gasteiger partial charge in [-0.3, -0.25) is 0 Å². The number of methoxy groups -OCH3 is 1. The molecule has 0 heterocycles. The maximum Gasteiger partial charge on any atom is 0.149 e. The van der Waals surface area contributed by atoms with Crippen LogP contribution in [0, 0.1) is 0 Å². The number of para-hydroxylation sites is 1. The van der Waals surface area contributed by atoms with Gasteiger partial charge in [0.05, 0.1) is 7.11 Å². The van der Waals surface area contributed by atoms with Crippen molar-refractivity contribution >= 4 is 0 Å². The molecule has 0 saturated heterocycles. The van der Waals surface area contributed by atoms with Gasteiger partial charge in [-0.25, -0.2) is 4.39 Å².